The minimum Gasteiger partial charge on any atom is -0.333 e. The number of hydrogen-bond donors (Lipinski definition) is 1. The monoisotopic (exact) mass is 445 g/mol. The highest BCUT2D eigenvalue weighted by molar-refractivity contribution is 5.92. The van der Waals surface area contributed by atoms with Gasteiger partial charge in [-0.3, -0.25) is 30.4 Å². The summed E-state index contributed by atoms with van der Waals surface area (Å²) in [5, 5.41) is 23.6. The summed E-state index contributed by atoms with van der Waals surface area (Å²) >= 11 is 0. The normalized spacial score (nSPS) is 19.1. The largest absolute Gasteiger partial charge is 0.333 e. The Bertz CT molecular complexity index is 1240. The Morgan fingerprint density at radius 1 is 0.848 bits per heavy atom. The SMILES string of the molecule is O=C1[C@@H]2CCc3ccccc3N2[C@@H](c2ccc([N+](=O)[O-])cc2)N1Nc1ccc([N+](=O)[O-])cc1. The van der Waals surface area contributed by atoms with Gasteiger partial charge in [-0.05, 0) is 54.3 Å². The highest BCUT2D eigenvalue weighted by Gasteiger charge is 2.49. The Morgan fingerprint density at radius 2 is 1.45 bits per heavy atom. The number of non-ortho nitro benzene ring substituents is 2. The third kappa shape index (κ3) is 3.51. The van der Waals surface area contributed by atoms with Crippen LogP contribution in [-0.2, 0) is 11.2 Å². The summed E-state index contributed by atoms with van der Waals surface area (Å²) in [7, 11) is 0. The molecule has 2 atom stereocenters. The molecule has 0 saturated carbocycles. The first-order chi connectivity index (χ1) is 15.9. The van der Waals surface area contributed by atoms with E-state index in [9.17, 15) is 25.0 Å². The highest BCUT2D eigenvalue weighted by Crippen LogP contribution is 2.44. The van der Waals surface area contributed by atoms with Crippen LogP contribution in [-0.4, -0.2) is 26.8 Å². The second kappa shape index (κ2) is 7.90. The Balaban J connectivity index is 1.57. The fourth-order valence-corrected chi connectivity index (χ4v) is 4.51. The summed E-state index contributed by atoms with van der Waals surface area (Å²) in [5.41, 5.74) is 6.34. The summed E-state index contributed by atoms with van der Waals surface area (Å²) in [6, 6.07) is 19.5. The molecule has 2 heterocycles. The number of anilines is 2. The molecule has 3 aromatic rings. The van der Waals surface area contributed by atoms with E-state index in [0.29, 0.717) is 17.7 Å². The zero-order valence-electron chi connectivity index (χ0n) is 17.3. The van der Waals surface area contributed by atoms with Crippen LogP contribution >= 0.6 is 0 Å². The molecule has 2 aliphatic rings. The number of nitro benzene ring substituents is 2. The van der Waals surface area contributed by atoms with E-state index in [4.69, 9.17) is 0 Å². The number of para-hydroxylation sites is 1. The number of carbonyl (C=O) groups is 1. The molecular weight excluding hydrogens is 426 g/mol. The molecule has 33 heavy (non-hydrogen) atoms. The van der Waals surface area contributed by atoms with Gasteiger partial charge in [-0.15, -0.1) is 0 Å². The topological polar surface area (TPSA) is 122 Å². The van der Waals surface area contributed by atoms with Gasteiger partial charge in [0.25, 0.3) is 17.3 Å². The number of rotatable bonds is 5. The lowest BCUT2D eigenvalue weighted by molar-refractivity contribution is -0.385. The number of aryl methyl sites for hydroxylation is 1. The molecule has 0 bridgehead atoms. The zero-order valence-corrected chi connectivity index (χ0v) is 17.3. The van der Waals surface area contributed by atoms with E-state index in [0.717, 1.165) is 17.7 Å². The molecule has 0 spiro atoms. The summed E-state index contributed by atoms with van der Waals surface area (Å²) < 4.78 is 0. The molecule has 1 saturated heterocycles. The molecule has 1 N–H and O–H groups in total. The first kappa shape index (κ1) is 20.4. The number of hydrazine groups is 1. The van der Waals surface area contributed by atoms with Crippen molar-refractivity contribution in [2.45, 2.75) is 25.0 Å². The van der Waals surface area contributed by atoms with E-state index in [-0.39, 0.29) is 17.3 Å². The van der Waals surface area contributed by atoms with E-state index >= 15 is 0 Å². The molecule has 10 heteroatoms. The maximum atomic E-state index is 13.5. The van der Waals surface area contributed by atoms with Crippen LogP contribution in [0.25, 0.3) is 0 Å². The van der Waals surface area contributed by atoms with Gasteiger partial charge < -0.3 is 4.90 Å². The molecule has 0 aromatic heterocycles. The molecule has 1 amide bonds. The smallest absolute Gasteiger partial charge is 0.269 e. The predicted molar refractivity (Wildman–Crippen MR) is 120 cm³/mol. The van der Waals surface area contributed by atoms with Crippen molar-refractivity contribution >= 4 is 28.7 Å². The van der Waals surface area contributed by atoms with Crippen LogP contribution in [0.4, 0.5) is 22.7 Å². The first-order valence-electron chi connectivity index (χ1n) is 10.4. The quantitative estimate of drug-likeness (QED) is 0.461. The van der Waals surface area contributed by atoms with Gasteiger partial charge in [0.2, 0.25) is 0 Å². The average molecular weight is 445 g/mol. The molecular formula is C23H19N5O5. The Hall–Kier alpha value is -4.47. The van der Waals surface area contributed by atoms with Crippen LogP contribution < -0.4 is 10.3 Å². The van der Waals surface area contributed by atoms with Crippen LogP contribution in [0.2, 0.25) is 0 Å². The van der Waals surface area contributed by atoms with Gasteiger partial charge in [-0.25, -0.2) is 5.01 Å². The van der Waals surface area contributed by atoms with E-state index in [1.165, 1.54) is 29.3 Å². The number of nitro groups is 2. The lowest BCUT2D eigenvalue weighted by Crippen LogP contribution is -2.38. The van der Waals surface area contributed by atoms with Crippen LogP contribution in [0.15, 0.2) is 72.8 Å². The van der Waals surface area contributed by atoms with Crippen molar-refractivity contribution in [1.82, 2.24) is 5.01 Å². The number of nitrogens with one attached hydrogen (secondary N) is 1. The predicted octanol–water partition coefficient (Wildman–Crippen LogP) is 4.19. The van der Waals surface area contributed by atoms with Gasteiger partial charge in [-0.1, -0.05) is 18.2 Å². The molecule has 2 aliphatic heterocycles. The second-order valence-electron chi connectivity index (χ2n) is 7.94. The highest BCUT2D eigenvalue weighted by atomic mass is 16.6. The fourth-order valence-electron chi connectivity index (χ4n) is 4.51. The molecule has 166 valence electrons. The number of fused-ring (bicyclic) bond motifs is 3. The van der Waals surface area contributed by atoms with Crippen LogP contribution in [0.1, 0.15) is 23.7 Å². The van der Waals surface area contributed by atoms with Crippen molar-refractivity contribution in [2.24, 2.45) is 0 Å². The Kier molecular flexibility index (Phi) is 4.89. The van der Waals surface area contributed by atoms with E-state index < -0.39 is 22.1 Å². The van der Waals surface area contributed by atoms with Crippen molar-refractivity contribution in [3.63, 3.8) is 0 Å². The van der Waals surface area contributed by atoms with Crippen molar-refractivity contribution in [2.75, 3.05) is 10.3 Å². The second-order valence-corrected chi connectivity index (χ2v) is 7.94. The Labute approximate surface area is 188 Å². The number of benzene rings is 3. The average Bonchev–Trinajstić information content (AvgIpc) is 3.11. The van der Waals surface area contributed by atoms with E-state index in [1.807, 2.05) is 29.2 Å². The van der Waals surface area contributed by atoms with Crippen molar-refractivity contribution in [3.8, 4) is 0 Å². The number of hydrogen-bond acceptors (Lipinski definition) is 7. The van der Waals surface area contributed by atoms with Gasteiger partial charge in [0.05, 0.1) is 15.5 Å². The van der Waals surface area contributed by atoms with Crippen molar-refractivity contribution in [3.05, 3.63) is 104 Å². The third-order valence-corrected chi connectivity index (χ3v) is 6.05. The molecule has 1 fully saturated rings. The lowest BCUT2D eigenvalue weighted by Gasteiger charge is -2.37. The number of nitrogens with zero attached hydrogens (tertiary/aromatic N) is 4. The minimum absolute atomic E-state index is 0.0338. The third-order valence-electron chi connectivity index (χ3n) is 6.05. The molecule has 10 nitrogen and oxygen atoms in total. The molecule has 0 radical (unpaired) electrons. The number of amides is 1. The summed E-state index contributed by atoms with van der Waals surface area (Å²) in [5.74, 6) is -0.133. The van der Waals surface area contributed by atoms with Gasteiger partial charge >= 0.3 is 0 Å². The summed E-state index contributed by atoms with van der Waals surface area (Å²) in [6.45, 7) is 0. The van der Waals surface area contributed by atoms with Crippen LogP contribution in [0.3, 0.4) is 0 Å². The van der Waals surface area contributed by atoms with Crippen molar-refractivity contribution < 1.29 is 14.6 Å². The lowest BCUT2D eigenvalue weighted by atomic mass is 9.96. The van der Waals surface area contributed by atoms with Gasteiger partial charge in [0.1, 0.15) is 6.04 Å². The maximum absolute atomic E-state index is 13.5. The maximum Gasteiger partial charge on any atom is 0.269 e. The van der Waals surface area contributed by atoms with Crippen LogP contribution in [0.5, 0.6) is 0 Å². The molecule has 3 aromatic carbocycles. The zero-order chi connectivity index (χ0) is 23.1. The van der Waals surface area contributed by atoms with Gasteiger partial charge in [0, 0.05) is 30.0 Å². The van der Waals surface area contributed by atoms with E-state index in [2.05, 4.69) is 5.43 Å². The summed E-state index contributed by atoms with van der Waals surface area (Å²) in [4.78, 5) is 36.7. The van der Waals surface area contributed by atoms with Crippen molar-refractivity contribution in [1.29, 1.82) is 0 Å². The Morgan fingerprint density at radius 3 is 2.09 bits per heavy atom. The van der Waals surface area contributed by atoms with Gasteiger partial charge in [-0.2, -0.15) is 0 Å². The molecule has 5 rings (SSSR count). The van der Waals surface area contributed by atoms with Gasteiger partial charge in [0.15, 0.2) is 6.17 Å². The van der Waals surface area contributed by atoms with Crippen LogP contribution in [0, 0.1) is 20.2 Å². The first-order valence-corrected chi connectivity index (χ1v) is 10.4. The standard InChI is InChI=1S/C23H19N5O5/c29-23-21-14-7-15-3-1-2-4-20(15)25(21)22(16-5-10-18(11-6-16)27(30)31)26(23)24-17-8-12-19(13-9-17)28(32)33/h1-6,8-13,21-22,24H,7,14H2/t21-,22+/m0/s1. The molecule has 0 aliphatic carbocycles. The summed E-state index contributed by atoms with van der Waals surface area (Å²) in [6.07, 6.45) is 0.846. The van der Waals surface area contributed by atoms with E-state index in [1.54, 1.807) is 24.3 Å². The number of carbonyl (C=O) groups excluding carboxylic acids is 1. The molecule has 0 unspecified atom stereocenters. The fraction of sp³-hybridized carbons (Fsp3) is 0.174. The minimum atomic E-state index is -0.556.